The number of hydrogen-bond donors (Lipinski definition) is 0. The van der Waals surface area contributed by atoms with E-state index in [1.807, 2.05) is 28.9 Å². The van der Waals surface area contributed by atoms with Gasteiger partial charge in [0.15, 0.2) is 17.0 Å². The molecule has 2 aliphatic rings. The van der Waals surface area contributed by atoms with Crippen LogP contribution in [0, 0.1) is 0 Å². The molecule has 8 heteroatoms. The van der Waals surface area contributed by atoms with E-state index in [4.69, 9.17) is 21.6 Å². The van der Waals surface area contributed by atoms with Gasteiger partial charge in [-0.05, 0) is 37.4 Å². The van der Waals surface area contributed by atoms with E-state index in [0.717, 1.165) is 66.1 Å². The van der Waals surface area contributed by atoms with E-state index >= 15 is 0 Å². The van der Waals surface area contributed by atoms with Crippen molar-refractivity contribution in [1.29, 1.82) is 0 Å². The molecular formula is C21H26ClN7. The monoisotopic (exact) mass is 411 g/mol. The first-order valence-corrected chi connectivity index (χ1v) is 10.9. The molecule has 7 nitrogen and oxygen atoms in total. The van der Waals surface area contributed by atoms with Gasteiger partial charge in [-0.2, -0.15) is 0 Å². The lowest BCUT2D eigenvalue weighted by molar-refractivity contribution is 0.258. The van der Waals surface area contributed by atoms with Gasteiger partial charge in [0.1, 0.15) is 5.82 Å². The molecule has 2 fully saturated rings. The van der Waals surface area contributed by atoms with E-state index < -0.39 is 0 Å². The fourth-order valence-electron chi connectivity index (χ4n) is 4.00. The Balaban J connectivity index is 1.50. The zero-order valence-electron chi connectivity index (χ0n) is 16.8. The standard InChI is InChI=1S/C21H26ClN7/c1-2-9-27-10-12-28(13-11-27)20-18-21(24-19(23-20)15-7-8-15)29(26-25-18)14-16-5-3-4-6-17(16)22/h3-6,15H,2,7-14H2,1H3. The maximum atomic E-state index is 6.37. The molecule has 0 unspecified atom stereocenters. The van der Waals surface area contributed by atoms with Crippen LogP contribution in [0.25, 0.3) is 11.2 Å². The third-order valence-corrected chi connectivity index (χ3v) is 6.16. The number of nitrogens with zero attached hydrogens (tertiary/aromatic N) is 7. The largest absolute Gasteiger partial charge is 0.352 e. The summed E-state index contributed by atoms with van der Waals surface area (Å²) in [5.74, 6) is 2.35. The Hall–Kier alpha value is -2.25. The van der Waals surface area contributed by atoms with E-state index in [1.165, 1.54) is 19.3 Å². The third kappa shape index (κ3) is 3.81. The molecular weight excluding hydrogens is 386 g/mol. The molecule has 3 aromatic rings. The van der Waals surface area contributed by atoms with Crippen LogP contribution in [-0.4, -0.2) is 62.6 Å². The molecule has 0 amide bonds. The van der Waals surface area contributed by atoms with Crippen LogP contribution in [0.15, 0.2) is 24.3 Å². The summed E-state index contributed by atoms with van der Waals surface area (Å²) < 4.78 is 1.86. The van der Waals surface area contributed by atoms with Gasteiger partial charge in [-0.25, -0.2) is 14.6 Å². The highest BCUT2D eigenvalue weighted by Crippen LogP contribution is 2.39. The van der Waals surface area contributed by atoms with Crippen LogP contribution in [0.5, 0.6) is 0 Å². The Kier molecular flexibility index (Phi) is 5.09. The topological polar surface area (TPSA) is 63.0 Å². The lowest BCUT2D eigenvalue weighted by Crippen LogP contribution is -2.47. The van der Waals surface area contributed by atoms with Gasteiger partial charge in [-0.15, -0.1) is 5.10 Å². The lowest BCUT2D eigenvalue weighted by atomic mass is 10.2. The minimum atomic E-state index is 0.475. The van der Waals surface area contributed by atoms with Crippen molar-refractivity contribution < 1.29 is 0 Å². The van der Waals surface area contributed by atoms with Crippen LogP contribution < -0.4 is 4.90 Å². The fraction of sp³-hybridized carbons (Fsp3) is 0.524. The van der Waals surface area contributed by atoms with Gasteiger partial charge in [-0.3, -0.25) is 4.90 Å². The smallest absolute Gasteiger partial charge is 0.184 e. The van der Waals surface area contributed by atoms with Crippen molar-refractivity contribution in [2.75, 3.05) is 37.6 Å². The van der Waals surface area contributed by atoms with Crippen molar-refractivity contribution in [1.82, 2.24) is 29.9 Å². The van der Waals surface area contributed by atoms with Gasteiger partial charge in [-0.1, -0.05) is 41.9 Å². The minimum absolute atomic E-state index is 0.475. The number of benzene rings is 1. The second-order valence-corrected chi connectivity index (χ2v) is 8.43. The number of aromatic nitrogens is 5. The van der Waals surface area contributed by atoms with Crippen LogP contribution >= 0.6 is 11.6 Å². The zero-order valence-corrected chi connectivity index (χ0v) is 17.5. The Morgan fingerprint density at radius 2 is 1.86 bits per heavy atom. The van der Waals surface area contributed by atoms with Crippen LogP contribution in [0.3, 0.4) is 0 Å². The molecule has 0 bridgehead atoms. The molecule has 0 spiro atoms. The molecule has 5 rings (SSSR count). The molecule has 1 saturated heterocycles. The molecule has 152 valence electrons. The van der Waals surface area contributed by atoms with Crippen molar-refractivity contribution in [3.63, 3.8) is 0 Å². The van der Waals surface area contributed by atoms with Crippen molar-refractivity contribution in [2.24, 2.45) is 0 Å². The average Bonchev–Trinajstić information content (AvgIpc) is 3.52. The maximum absolute atomic E-state index is 6.37. The van der Waals surface area contributed by atoms with Crippen molar-refractivity contribution in [2.45, 2.75) is 38.6 Å². The van der Waals surface area contributed by atoms with Crippen LogP contribution in [0.2, 0.25) is 5.02 Å². The summed E-state index contributed by atoms with van der Waals surface area (Å²) in [5.41, 5.74) is 2.63. The quantitative estimate of drug-likeness (QED) is 0.620. The summed E-state index contributed by atoms with van der Waals surface area (Å²) in [6, 6.07) is 7.86. The van der Waals surface area contributed by atoms with Gasteiger partial charge in [0, 0.05) is 37.1 Å². The maximum Gasteiger partial charge on any atom is 0.184 e. The first-order chi connectivity index (χ1) is 14.2. The van der Waals surface area contributed by atoms with E-state index in [2.05, 4.69) is 27.0 Å². The zero-order chi connectivity index (χ0) is 19.8. The highest BCUT2D eigenvalue weighted by Gasteiger charge is 2.30. The molecule has 1 aliphatic heterocycles. The Morgan fingerprint density at radius 3 is 2.59 bits per heavy atom. The van der Waals surface area contributed by atoms with Crippen LogP contribution in [0.1, 0.15) is 43.5 Å². The van der Waals surface area contributed by atoms with Gasteiger partial charge in [0.2, 0.25) is 0 Å². The number of fused-ring (bicyclic) bond motifs is 1. The SMILES string of the molecule is CCCN1CCN(c2nc(C3CC3)nc3c2nnn3Cc2ccccc2Cl)CC1. The van der Waals surface area contributed by atoms with E-state index in [-0.39, 0.29) is 0 Å². The molecule has 29 heavy (non-hydrogen) atoms. The normalized spacial score (nSPS) is 17.9. The molecule has 0 radical (unpaired) electrons. The first-order valence-electron chi connectivity index (χ1n) is 10.5. The summed E-state index contributed by atoms with van der Waals surface area (Å²) in [6.07, 6.45) is 3.53. The number of hydrogen-bond acceptors (Lipinski definition) is 6. The molecule has 0 N–H and O–H groups in total. The van der Waals surface area contributed by atoms with Gasteiger partial charge < -0.3 is 4.90 Å². The summed E-state index contributed by atoms with van der Waals surface area (Å²) in [5, 5.41) is 9.64. The number of piperazine rings is 1. The Morgan fingerprint density at radius 1 is 1.07 bits per heavy atom. The van der Waals surface area contributed by atoms with E-state index in [9.17, 15) is 0 Å². The van der Waals surface area contributed by atoms with Gasteiger partial charge in [0.05, 0.1) is 6.54 Å². The summed E-state index contributed by atoms with van der Waals surface area (Å²) in [4.78, 5) is 14.7. The highest BCUT2D eigenvalue weighted by molar-refractivity contribution is 6.31. The molecule has 3 heterocycles. The fourth-order valence-corrected chi connectivity index (χ4v) is 4.19. The Labute approximate surface area is 175 Å². The number of rotatable bonds is 6. The first kappa shape index (κ1) is 18.8. The number of halogens is 1. The van der Waals surface area contributed by atoms with E-state index in [1.54, 1.807) is 0 Å². The summed E-state index contributed by atoms with van der Waals surface area (Å²) in [7, 11) is 0. The van der Waals surface area contributed by atoms with Crippen LogP contribution in [-0.2, 0) is 6.54 Å². The lowest BCUT2D eigenvalue weighted by Gasteiger charge is -2.35. The predicted molar refractivity (Wildman–Crippen MR) is 115 cm³/mol. The number of anilines is 1. The molecule has 1 aliphatic carbocycles. The molecule has 0 atom stereocenters. The summed E-state index contributed by atoms with van der Waals surface area (Å²) in [6.45, 7) is 8.01. The van der Waals surface area contributed by atoms with Gasteiger partial charge in [0.25, 0.3) is 0 Å². The van der Waals surface area contributed by atoms with Crippen molar-refractivity contribution in [3.8, 4) is 0 Å². The minimum Gasteiger partial charge on any atom is -0.352 e. The van der Waals surface area contributed by atoms with Crippen molar-refractivity contribution in [3.05, 3.63) is 40.7 Å². The molecule has 1 saturated carbocycles. The van der Waals surface area contributed by atoms with Crippen molar-refractivity contribution >= 4 is 28.6 Å². The summed E-state index contributed by atoms with van der Waals surface area (Å²) >= 11 is 6.37. The Bertz CT molecular complexity index is 1010. The van der Waals surface area contributed by atoms with Gasteiger partial charge >= 0.3 is 0 Å². The molecule has 1 aromatic carbocycles. The average molecular weight is 412 g/mol. The predicted octanol–water partition coefficient (Wildman–Crippen LogP) is 3.33. The second kappa shape index (κ2) is 7.88. The molecule has 2 aromatic heterocycles. The highest BCUT2D eigenvalue weighted by atomic mass is 35.5. The van der Waals surface area contributed by atoms with Crippen LogP contribution in [0.4, 0.5) is 5.82 Å². The second-order valence-electron chi connectivity index (χ2n) is 8.02. The third-order valence-electron chi connectivity index (χ3n) is 5.79. The van der Waals surface area contributed by atoms with E-state index in [0.29, 0.717) is 12.5 Å².